The van der Waals surface area contributed by atoms with E-state index in [0.29, 0.717) is 5.56 Å². The largest absolute Gasteiger partial charge is 0.464 e. The smallest absolute Gasteiger partial charge is 0.338 e. The van der Waals surface area contributed by atoms with E-state index in [0.717, 1.165) is 0 Å². The number of ether oxygens (including phenoxy) is 1. The first-order valence-corrected chi connectivity index (χ1v) is 5.39. The van der Waals surface area contributed by atoms with Crippen LogP contribution in [0, 0.1) is 0 Å². The number of anilines is 1. The van der Waals surface area contributed by atoms with Crippen LogP contribution in [-0.4, -0.2) is 39.0 Å². The van der Waals surface area contributed by atoms with Gasteiger partial charge in [-0.05, 0) is 13.0 Å². The van der Waals surface area contributed by atoms with Crippen molar-refractivity contribution >= 4 is 11.8 Å². The van der Waals surface area contributed by atoms with E-state index >= 15 is 0 Å². The summed E-state index contributed by atoms with van der Waals surface area (Å²) in [6.07, 6.45) is -1.97. The number of rotatable bonds is 5. The fraction of sp³-hybridized carbons (Fsp3) is 0.455. The van der Waals surface area contributed by atoms with Gasteiger partial charge in [-0.15, -0.1) is 0 Å². The Balaban J connectivity index is 2.89. The van der Waals surface area contributed by atoms with Crippen molar-refractivity contribution in [3.05, 3.63) is 23.4 Å². The Morgan fingerprint density at radius 2 is 2.22 bits per heavy atom. The highest BCUT2D eigenvalue weighted by atomic mass is 16.5. The number of hydrogen-bond donors (Lipinski definition) is 4. The number of esters is 1. The van der Waals surface area contributed by atoms with Crippen molar-refractivity contribution in [2.45, 2.75) is 25.7 Å². The second-order valence-electron chi connectivity index (χ2n) is 3.61. The molecule has 7 nitrogen and oxygen atoms in total. The average molecular weight is 256 g/mol. The number of pyridine rings is 1. The summed E-state index contributed by atoms with van der Waals surface area (Å²) in [5, 5.41) is 28.3. The number of hydrogen-bond acceptors (Lipinski definition) is 7. The van der Waals surface area contributed by atoms with Gasteiger partial charge in [-0.25, -0.2) is 9.78 Å². The monoisotopic (exact) mass is 256 g/mol. The third-order valence-corrected chi connectivity index (χ3v) is 2.36. The van der Waals surface area contributed by atoms with Gasteiger partial charge in [0.05, 0.1) is 13.2 Å². The van der Waals surface area contributed by atoms with E-state index in [9.17, 15) is 15.0 Å². The lowest BCUT2D eigenvalue weighted by atomic mass is 10.0. The van der Waals surface area contributed by atoms with Crippen LogP contribution in [0.15, 0.2) is 12.3 Å². The molecule has 18 heavy (non-hydrogen) atoms. The maximum absolute atomic E-state index is 11.3. The minimum atomic E-state index is -1.71. The molecule has 0 aliphatic rings. The van der Waals surface area contributed by atoms with E-state index in [-0.39, 0.29) is 24.6 Å². The van der Waals surface area contributed by atoms with Crippen LogP contribution in [0.25, 0.3) is 0 Å². The molecule has 0 radical (unpaired) electrons. The van der Waals surface area contributed by atoms with Crippen LogP contribution in [0.4, 0.5) is 5.82 Å². The molecule has 5 N–H and O–H groups in total. The molecular weight excluding hydrogens is 240 g/mol. The zero-order valence-corrected chi connectivity index (χ0v) is 9.91. The average Bonchev–Trinajstić information content (AvgIpc) is 2.38. The van der Waals surface area contributed by atoms with Crippen molar-refractivity contribution in [2.75, 3.05) is 12.3 Å². The second kappa shape index (κ2) is 6.29. The fourth-order valence-corrected chi connectivity index (χ4v) is 1.37. The van der Waals surface area contributed by atoms with Gasteiger partial charge in [-0.2, -0.15) is 0 Å². The summed E-state index contributed by atoms with van der Waals surface area (Å²) >= 11 is 0. The van der Waals surface area contributed by atoms with Crippen LogP contribution >= 0.6 is 0 Å². The Morgan fingerprint density at radius 1 is 1.56 bits per heavy atom. The van der Waals surface area contributed by atoms with Gasteiger partial charge >= 0.3 is 5.97 Å². The molecule has 1 aromatic heterocycles. The summed E-state index contributed by atoms with van der Waals surface area (Å²) in [6.45, 7) is 1.34. The van der Waals surface area contributed by atoms with Crippen LogP contribution in [-0.2, 0) is 16.1 Å². The number of aliphatic hydroxyl groups is 3. The number of carbonyl (C=O) groups excluding carboxylic acids is 1. The fourth-order valence-electron chi connectivity index (χ4n) is 1.37. The van der Waals surface area contributed by atoms with Crippen molar-refractivity contribution in [3.63, 3.8) is 0 Å². The molecule has 0 aliphatic heterocycles. The number of carbonyl (C=O) groups is 1. The molecule has 7 heteroatoms. The van der Waals surface area contributed by atoms with Crippen molar-refractivity contribution in [3.8, 4) is 0 Å². The van der Waals surface area contributed by atoms with Crippen molar-refractivity contribution in [2.24, 2.45) is 0 Å². The molecule has 0 amide bonds. The molecule has 0 bridgehead atoms. The number of aromatic nitrogens is 1. The molecule has 0 aromatic carbocycles. The Hall–Kier alpha value is -1.70. The van der Waals surface area contributed by atoms with E-state index in [4.69, 9.17) is 10.8 Å². The minimum Gasteiger partial charge on any atom is -0.464 e. The van der Waals surface area contributed by atoms with Gasteiger partial charge in [0, 0.05) is 17.3 Å². The molecule has 0 spiro atoms. The van der Waals surface area contributed by atoms with Gasteiger partial charge in [0.25, 0.3) is 0 Å². The van der Waals surface area contributed by atoms with Crippen LogP contribution < -0.4 is 5.73 Å². The number of aliphatic hydroxyl groups excluding tert-OH is 3. The van der Waals surface area contributed by atoms with E-state index in [1.807, 2.05) is 0 Å². The third kappa shape index (κ3) is 3.16. The molecule has 0 fully saturated rings. The number of nitrogens with zero attached hydrogens (tertiary/aromatic N) is 1. The molecule has 0 saturated carbocycles. The quantitative estimate of drug-likeness (QED) is 0.503. The topological polar surface area (TPSA) is 126 Å². The second-order valence-corrected chi connectivity index (χ2v) is 3.61. The van der Waals surface area contributed by atoms with E-state index in [2.05, 4.69) is 9.72 Å². The highest BCUT2D eigenvalue weighted by molar-refractivity contribution is 5.75. The highest BCUT2D eigenvalue weighted by Gasteiger charge is 2.27. The van der Waals surface area contributed by atoms with Crippen molar-refractivity contribution < 1.29 is 24.9 Å². The molecule has 1 rings (SSSR count). The SMILES string of the molecule is CCOC(=O)C(O)C(O)c1cnc(N)c(CO)c1. The number of nitrogens with two attached hydrogens (primary N) is 1. The third-order valence-electron chi connectivity index (χ3n) is 2.36. The molecule has 0 aliphatic carbocycles. The van der Waals surface area contributed by atoms with Gasteiger partial charge in [-0.3, -0.25) is 0 Å². The summed E-state index contributed by atoms with van der Waals surface area (Å²) in [4.78, 5) is 15.0. The van der Waals surface area contributed by atoms with Gasteiger partial charge in [0.2, 0.25) is 0 Å². The van der Waals surface area contributed by atoms with E-state index in [1.165, 1.54) is 12.3 Å². The predicted molar refractivity (Wildman–Crippen MR) is 62.2 cm³/mol. The van der Waals surface area contributed by atoms with Crippen LogP contribution in [0.3, 0.4) is 0 Å². The first kappa shape index (κ1) is 14.4. The zero-order chi connectivity index (χ0) is 13.7. The summed E-state index contributed by atoms with van der Waals surface area (Å²) in [5.74, 6) is -0.800. The molecule has 2 atom stereocenters. The first-order valence-electron chi connectivity index (χ1n) is 5.39. The van der Waals surface area contributed by atoms with Crippen molar-refractivity contribution in [1.82, 2.24) is 4.98 Å². The first-order chi connectivity index (χ1) is 8.51. The summed E-state index contributed by atoms with van der Waals surface area (Å²) in [6, 6.07) is 1.37. The lowest BCUT2D eigenvalue weighted by Crippen LogP contribution is -2.30. The lowest BCUT2D eigenvalue weighted by molar-refractivity contribution is -0.159. The number of nitrogen functional groups attached to an aromatic ring is 1. The molecule has 1 heterocycles. The molecule has 0 saturated heterocycles. The lowest BCUT2D eigenvalue weighted by Gasteiger charge is -2.17. The summed E-state index contributed by atoms with van der Waals surface area (Å²) < 4.78 is 4.58. The Bertz CT molecular complexity index is 424. The standard InChI is InChI=1S/C11H16N2O5/c1-2-18-11(17)9(16)8(15)6-3-7(5-14)10(12)13-4-6/h3-4,8-9,14-16H,2,5H2,1H3,(H2,12,13). The Morgan fingerprint density at radius 3 is 2.78 bits per heavy atom. The maximum Gasteiger partial charge on any atom is 0.338 e. The molecule has 2 unspecified atom stereocenters. The molecule has 1 aromatic rings. The van der Waals surface area contributed by atoms with Gasteiger partial charge in [-0.1, -0.05) is 0 Å². The van der Waals surface area contributed by atoms with Crippen molar-refractivity contribution in [1.29, 1.82) is 0 Å². The van der Waals surface area contributed by atoms with Crippen LogP contribution in [0.2, 0.25) is 0 Å². The van der Waals surface area contributed by atoms with Crippen LogP contribution in [0.1, 0.15) is 24.2 Å². The zero-order valence-electron chi connectivity index (χ0n) is 9.91. The Kier molecular flexibility index (Phi) is 5.02. The predicted octanol–water partition coefficient (Wildman–Crippen LogP) is -0.887. The summed E-state index contributed by atoms with van der Waals surface area (Å²) in [7, 11) is 0. The summed E-state index contributed by atoms with van der Waals surface area (Å²) in [5.41, 5.74) is 5.96. The van der Waals surface area contributed by atoms with Gasteiger partial charge < -0.3 is 25.8 Å². The molecule has 100 valence electrons. The minimum absolute atomic E-state index is 0.102. The maximum atomic E-state index is 11.3. The van der Waals surface area contributed by atoms with Gasteiger partial charge in [0.1, 0.15) is 11.9 Å². The van der Waals surface area contributed by atoms with Gasteiger partial charge in [0.15, 0.2) is 6.10 Å². The highest BCUT2D eigenvalue weighted by Crippen LogP contribution is 2.20. The van der Waals surface area contributed by atoms with Crippen LogP contribution in [0.5, 0.6) is 0 Å². The van der Waals surface area contributed by atoms with E-state index < -0.39 is 18.2 Å². The van der Waals surface area contributed by atoms with E-state index in [1.54, 1.807) is 6.92 Å². The Labute approximate surface area is 104 Å². The molecular formula is C11H16N2O5. The normalized spacial score (nSPS) is 14.0.